The molecule has 2 saturated heterocycles. The molecule has 2 aliphatic heterocycles. The molecule has 1 aromatic heterocycles. The van der Waals surface area contributed by atoms with Gasteiger partial charge in [0.25, 0.3) is 0 Å². The zero-order valence-electron chi connectivity index (χ0n) is 11.9. The van der Waals surface area contributed by atoms with Crippen molar-refractivity contribution in [2.75, 3.05) is 13.1 Å². The van der Waals surface area contributed by atoms with Gasteiger partial charge in [-0.15, -0.1) is 0 Å². The number of fused-ring (bicyclic) bond motifs is 2. The summed E-state index contributed by atoms with van der Waals surface area (Å²) >= 11 is 0. The quantitative estimate of drug-likeness (QED) is 0.808. The Morgan fingerprint density at radius 1 is 1.33 bits per heavy atom. The van der Waals surface area contributed by atoms with Gasteiger partial charge in [-0.25, -0.2) is 4.98 Å². The molecule has 2 aliphatic rings. The molecular formula is C14H24N4. The highest BCUT2D eigenvalue weighted by Gasteiger charge is 2.45. The molecule has 2 atom stereocenters. The van der Waals surface area contributed by atoms with E-state index in [1.165, 1.54) is 30.9 Å². The third-order valence-electron chi connectivity index (χ3n) is 4.77. The molecule has 2 fully saturated rings. The summed E-state index contributed by atoms with van der Waals surface area (Å²) in [6, 6.07) is 2.20. The predicted octanol–water partition coefficient (Wildman–Crippen LogP) is 1.40. The second kappa shape index (κ2) is 4.35. The Hall–Kier alpha value is -0.870. The maximum atomic E-state index is 4.53. The van der Waals surface area contributed by atoms with Crippen LogP contribution in [0.1, 0.15) is 31.7 Å². The van der Waals surface area contributed by atoms with Gasteiger partial charge >= 0.3 is 0 Å². The highest BCUT2D eigenvalue weighted by Crippen LogP contribution is 2.34. The van der Waals surface area contributed by atoms with Gasteiger partial charge in [0.05, 0.1) is 12.0 Å². The number of hydrogen-bond donors (Lipinski definition) is 0. The molecule has 2 unspecified atom stereocenters. The molecule has 18 heavy (non-hydrogen) atoms. The summed E-state index contributed by atoms with van der Waals surface area (Å²) in [6.07, 6.45) is 3.32. The minimum atomic E-state index is 0.689. The lowest BCUT2D eigenvalue weighted by Gasteiger charge is -2.57. The van der Waals surface area contributed by atoms with E-state index in [0.717, 1.165) is 18.6 Å². The van der Waals surface area contributed by atoms with Crippen LogP contribution < -0.4 is 0 Å². The lowest BCUT2D eigenvalue weighted by molar-refractivity contribution is -0.0841. The number of hydrogen-bond acceptors (Lipinski definition) is 3. The van der Waals surface area contributed by atoms with Gasteiger partial charge in [0.2, 0.25) is 0 Å². The zero-order chi connectivity index (χ0) is 12.9. The van der Waals surface area contributed by atoms with E-state index in [2.05, 4.69) is 47.2 Å². The minimum absolute atomic E-state index is 0.689. The van der Waals surface area contributed by atoms with Crippen LogP contribution in [0.4, 0.5) is 0 Å². The average molecular weight is 248 g/mol. The summed E-state index contributed by atoms with van der Waals surface area (Å²) in [4.78, 5) is 9.78. The Morgan fingerprint density at radius 2 is 2.00 bits per heavy atom. The van der Waals surface area contributed by atoms with E-state index in [4.69, 9.17) is 0 Å². The molecule has 4 heteroatoms. The first-order valence-corrected chi connectivity index (χ1v) is 7.03. The topological polar surface area (TPSA) is 24.3 Å². The highest BCUT2D eigenvalue weighted by molar-refractivity contribution is 5.13. The SMILES string of the molecule is Cc1c(CN2C3CC2CN(C(C)C)C3)ncn1C. The molecule has 0 N–H and O–H groups in total. The van der Waals surface area contributed by atoms with Crippen LogP contribution in [0.5, 0.6) is 0 Å². The normalized spacial score (nSPS) is 28.7. The Labute approximate surface area is 110 Å². The van der Waals surface area contributed by atoms with Crippen molar-refractivity contribution >= 4 is 0 Å². The molecule has 1 aromatic rings. The molecular weight excluding hydrogens is 224 g/mol. The van der Waals surface area contributed by atoms with Crippen molar-refractivity contribution in [3.05, 3.63) is 17.7 Å². The van der Waals surface area contributed by atoms with E-state index in [1.807, 2.05) is 6.33 Å². The van der Waals surface area contributed by atoms with Crippen LogP contribution in [0, 0.1) is 6.92 Å². The van der Waals surface area contributed by atoms with Crippen molar-refractivity contribution in [2.24, 2.45) is 7.05 Å². The summed E-state index contributed by atoms with van der Waals surface area (Å²) in [5.41, 5.74) is 2.56. The van der Waals surface area contributed by atoms with Crippen LogP contribution in [-0.4, -0.2) is 50.6 Å². The van der Waals surface area contributed by atoms with Gasteiger partial charge in [0.1, 0.15) is 0 Å². The monoisotopic (exact) mass is 248 g/mol. The lowest BCUT2D eigenvalue weighted by Crippen LogP contribution is -2.68. The Kier molecular flexibility index (Phi) is 2.94. The molecule has 0 amide bonds. The first-order chi connectivity index (χ1) is 8.56. The molecule has 0 saturated carbocycles. The summed E-state index contributed by atoms with van der Waals surface area (Å²) in [7, 11) is 2.07. The third-order valence-corrected chi connectivity index (χ3v) is 4.77. The number of piperazine rings is 1. The number of aromatic nitrogens is 2. The standard InChI is InChI=1S/C14H24N4/c1-10(2)17-6-12-5-13(7-17)18(12)8-14-11(3)16(4)9-15-14/h9-10,12-13H,5-8H2,1-4H3. The second-order valence-corrected chi connectivity index (χ2v) is 6.15. The van der Waals surface area contributed by atoms with Crippen molar-refractivity contribution < 1.29 is 0 Å². The van der Waals surface area contributed by atoms with Gasteiger partial charge in [-0.2, -0.15) is 0 Å². The maximum absolute atomic E-state index is 4.53. The van der Waals surface area contributed by atoms with Crippen LogP contribution in [0.15, 0.2) is 6.33 Å². The number of piperidine rings is 1. The van der Waals surface area contributed by atoms with Crippen molar-refractivity contribution in [1.82, 2.24) is 19.4 Å². The van der Waals surface area contributed by atoms with Crippen molar-refractivity contribution in [3.63, 3.8) is 0 Å². The molecule has 4 nitrogen and oxygen atoms in total. The van der Waals surface area contributed by atoms with Gasteiger partial charge in [0.15, 0.2) is 0 Å². The Balaban J connectivity index is 1.65. The van der Waals surface area contributed by atoms with Gasteiger partial charge < -0.3 is 4.57 Å². The van der Waals surface area contributed by atoms with Gasteiger partial charge in [-0.05, 0) is 27.2 Å². The summed E-state index contributed by atoms with van der Waals surface area (Å²) in [5.74, 6) is 0. The fourth-order valence-corrected chi connectivity index (χ4v) is 3.27. The summed E-state index contributed by atoms with van der Waals surface area (Å²) in [6.45, 7) is 10.3. The predicted molar refractivity (Wildman–Crippen MR) is 72.4 cm³/mol. The highest BCUT2D eigenvalue weighted by atomic mass is 15.4. The number of aryl methyl sites for hydroxylation is 1. The van der Waals surface area contributed by atoms with E-state index in [-0.39, 0.29) is 0 Å². The van der Waals surface area contributed by atoms with Crippen LogP contribution >= 0.6 is 0 Å². The molecule has 0 aromatic carbocycles. The van der Waals surface area contributed by atoms with E-state index in [1.54, 1.807) is 0 Å². The minimum Gasteiger partial charge on any atom is -0.338 e. The van der Waals surface area contributed by atoms with Gasteiger partial charge in [-0.1, -0.05) is 0 Å². The maximum Gasteiger partial charge on any atom is 0.0949 e. The number of rotatable bonds is 3. The van der Waals surface area contributed by atoms with Crippen molar-refractivity contribution in [2.45, 2.75) is 51.9 Å². The third kappa shape index (κ3) is 1.88. The molecule has 100 valence electrons. The average Bonchev–Trinajstić information content (AvgIpc) is 2.67. The molecule has 3 rings (SSSR count). The van der Waals surface area contributed by atoms with Crippen molar-refractivity contribution in [1.29, 1.82) is 0 Å². The molecule has 0 spiro atoms. The fourth-order valence-electron chi connectivity index (χ4n) is 3.27. The van der Waals surface area contributed by atoms with E-state index < -0.39 is 0 Å². The van der Waals surface area contributed by atoms with Crippen LogP contribution in [0.2, 0.25) is 0 Å². The van der Waals surface area contributed by atoms with E-state index in [9.17, 15) is 0 Å². The second-order valence-electron chi connectivity index (χ2n) is 6.15. The first kappa shape index (κ1) is 12.2. The fraction of sp³-hybridized carbons (Fsp3) is 0.786. The molecule has 0 radical (unpaired) electrons. The first-order valence-electron chi connectivity index (χ1n) is 7.03. The van der Waals surface area contributed by atoms with E-state index >= 15 is 0 Å². The van der Waals surface area contributed by atoms with Crippen LogP contribution in [-0.2, 0) is 13.6 Å². The Bertz CT molecular complexity index is 425. The van der Waals surface area contributed by atoms with E-state index in [0.29, 0.717) is 6.04 Å². The Morgan fingerprint density at radius 3 is 2.50 bits per heavy atom. The van der Waals surface area contributed by atoms with Gasteiger partial charge in [0, 0.05) is 50.5 Å². The lowest BCUT2D eigenvalue weighted by atomic mass is 9.86. The van der Waals surface area contributed by atoms with Crippen molar-refractivity contribution in [3.8, 4) is 0 Å². The number of imidazole rings is 1. The smallest absolute Gasteiger partial charge is 0.0949 e. The molecule has 2 bridgehead atoms. The zero-order valence-corrected chi connectivity index (χ0v) is 11.9. The summed E-state index contributed by atoms with van der Waals surface area (Å²) < 4.78 is 2.12. The summed E-state index contributed by atoms with van der Waals surface area (Å²) in [5, 5.41) is 0. The molecule has 3 heterocycles. The van der Waals surface area contributed by atoms with Gasteiger partial charge in [-0.3, -0.25) is 9.80 Å². The molecule has 0 aliphatic carbocycles. The number of nitrogens with zero attached hydrogens (tertiary/aromatic N) is 4. The van der Waals surface area contributed by atoms with Crippen LogP contribution in [0.25, 0.3) is 0 Å². The van der Waals surface area contributed by atoms with Crippen LogP contribution in [0.3, 0.4) is 0 Å². The largest absolute Gasteiger partial charge is 0.338 e. The number of likely N-dealkylation sites (tertiary alicyclic amines) is 2.